The van der Waals surface area contributed by atoms with Crippen LogP contribution in [0.2, 0.25) is 0 Å². The van der Waals surface area contributed by atoms with Gasteiger partial charge in [0, 0.05) is 35.8 Å². The van der Waals surface area contributed by atoms with Crippen molar-refractivity contribution in [2.24, 2.45) is 5.92 Å². The number of benzene rings is 3. The summed E-state index contributed by atoms with van der Waals surface area (Å²) in [7, 11) is 0. The van der Waals surface area contributed by atoms with E-state index in [1.807, 2.05) is 58.0 Å². The van der Waals surface area contributed by atoms with Gasteiger partial charge in [-0.3, -0.25) is 14.2 Å². The van der Waals surface area contributed by atoms with Crippen molar-refractivity contribution >= 4 is 22.7 Å². The minimum Gasteiger partial charge on any atom is -0.508 e. The molecule has 4 aromatic rings. The lowest BCUT2D eigenvalue weighted by molar-refractivity contribution is 0.0650. The predicted molar refractivity (Wildman–Crippen MR) is 122 cm³/mol. The fourth-order valence-corrected chi connectivity index (χ4v) is 4.32. The van der Waals surface area contributed by atoms with Gasteiger partial charge in [0.15, 0.2) is 5.78 Å². The third-order valence-corrected chi connectivity index (χ3v) is 6.15. The van der Waals surface area contributed by atoms with Gasteiger partial charge in [-0.2, -0.15) is 0 Å². The van der Waals surface area contributed by atoms with Gasteiger partial charge in [0.05, 0.1) is 11.0 Å². The van der Waals surface area contributed by atoms with Crippen LogP contribution in [0.3, 0.4) is 0 Å². The van der Waals surface area contributed by atoms with Crippen LogP contribution in [0.4, 0.5) is 0 Å². The normalized spacial score (nSPS) is 14.6. The van der Waals surface area contributed by atoms with Crippen LogP contribution in [0.1, 0.15) is 33.6 Å². The standard InChI is InChI=1S/C26H23N3O3/c30-22-11-7-18(8-12-22)25(31)19-13-15-28(16-14-19)26(32)20-5-9-21(10-6-20)29-17-27-23-3-1-2-4-24(23)29/h1-12,17,19,30H,13-16H2. The summed E-state index contributed by atoms with van der Waals surface area (Å²) in [4.78, 5) is 31.9. The van der Waals surface area contributed by atoms with Crippen molar-refractivity contribution in [1.29, 1.82) is 0 Å². The Morgan fingerprint density at radius 2 is 1.50 bits per heavy atom. The van der Waals surface area contributed by atoms with Crippen LogP contribution in [0.15, 0.2) is 79.1 Å². The van der Waals surface area contributed by atoms with Crippen molar-refractivity contribution in [2.45, 2.75) is 12.8 Å². The maximum atomic E-state index is 13.0. The third kappa shape index (κ3) is 3.75. The molecule has 6 heteroatoms. The summed E-state index contributed by atoms with van der Waals surface area (Å²) in [6.07, 6.45) is 3.08. The van der Waals surface area contributed by atoms with Gasteiger partial charge in [-0.05, 0) is 73.5 Å². The average Bonchev–Trinajstić information content (AvgIpc) is 3.28. The number of piperidine rings is 1. The summed E-state index contributed by atoms with van der Waals surface area (Å²) in [6, 6.07) is 21.9. The van der Waals surface area contributed by atoms with Gasteiger partial charge in [0.25, 0.3) is 5.91 Å². The van der Waals surface area contributed by atoms with Gasteiger partial charge >= 0.3 is 0 Å². The first-order valence-corrected chi connectivity index (χ1v) is 10.8. The molecule has 160 valence electrons. The van der Waals surface area contributed by atoms with Crippen LogP contribution >= 0.6 is 0 Å². The molecule has 0 spiro atoms. The highest BCUT2D eigenvalue weighted by Gasteiger charge is 2.28. The average molecular weight is 425 g/mol. The lowest BCUT2D eigenvalue weighted by Crippen LogP contribution is -2.40. The fraction of sp³-hybridized carbons (Fsp3) is 0.192. The quantitative estimate of drug-likeness (QED) is 0.490. The Kier molecular flexibility index (Phi) is 5.19. The first-order valence-electron chi connectivity index (χ1n) is 10.8. The number of ketones is 1. The van der Waals surface area contributed by atoms with Crippen molar-refractivity contribution < 1.29 is 14.7 Å². The monoisotopic (exact) mass is 425 g/mol. The molecule has 32 heavy (non-hydrogen) atoms. The van der Waals surface area contributed by atoms with Gasteiger partial charge in [0.2, 0.25) is 0 Å². The molecule has 0 unspecified atom stereocenters. The van der Waals surface area contributed by atoms with E-state index in [2.05, 4.69) is 4.98 Å². The molecule has 1 saturated heterocycles. The lowest BCUT2D eigenvalue weighted by atomic mass is 9.88. The van der Waals surface area contributed by atoms with E-state index in [0.29, 0.717) is 37.1 Å². The molecule has 0 bridgehead atoms. The molecule has 1 fully saturated rings. The molecule has 1 amide bonds. The van der Waals surface area contributed by atoms with Crippen LogP contribution in [0.25, 0.3) is 16.7 Å². The Morgan fingerprint density at radius 3 is 2.22 bits per heavy atom. The number of carbonyl (C=O) groups excluding carboxylic acids is 2. The molecule has 0 aliphatic carbocycles. The molecular formula is C26H23N3O3. The van der Waals surface area contributed by atoms with Crippen LogP contribution in [0, 0.1) is 5.92 Å². The molecule has 2 heterocycles. The predicted octanol–water partition coefficient (Wildman–Crippen LogP) is 4.47. The number of phenolic OH excluding ortho intramolecular Hbond substituents is 1. The lowest BCUT2D eigenvalue weighted by Gasteiger charge is -2.31. The molecule has 5 rings (SSSR count). The first-order chi connectivity index (χ1) is 15.6. The topological polar surface area (TPSA) is 75.4 Å². The first kappa shape index (κ1) is 20.0. The van der Waals surface area contributed by atoms with Crippen LogP contribution < -0.4 is 0 Å². The van der Waals surface area contributed by atoms with Gasteiger partial charge < -0.3 is 10.0 Å². The molecule has 0 atom stereocenters. The maximum absolute atomic E-state index is 13.0. The largest absolute Gasteiger partial charge is 0.508 e. The molecule has 1 aromatic heterocycles. The Hall–Kier alpha value is -3.93. The van der Waals surface area contributed by atoms with E-state index in [0.717, 1.165) is 16.7 Å². The van der Waals surface area contributed by atoms with Crippen molar-refractivity contribution in [3.05, 3.63) is 90.3 Å². The number of phenols is 1. The fourth-order valence-electron chi connectivity index (χ4n) is 4.32. The number of para-hydroxylation sites is 2. The van der Waals surface area contributed by atoms with Crippen molar-refractivity contribution in [2.75, 3.05) is 13.1 Å². The highest BCUT2D eigenvalue weighted by Crippen LogP contribution is 2.25. The highest BCUT2D eigenvalue weighted by molar-refractivity contribution is 5.98. The summed E-state index contributed by atoms with van der Waals surface area (Å²) < 4.78 is 2.00. The zero-order valence-corrected chi connectivity index (χ0v) is 17.5. The number of hydrogen-bond acceptors (Lipinski definition) is 4. The number of imidazole rings is 1. The molecule has 1 aliphatic rings. The van der Waals surface area contributed by atoms with Crippen LogP contribution in [0.5, 0.6) is 5.75 Å². The summed E-state index contributed by atoms with van der Waals surface area (Å²) in [6.45, 7) is 1.11. The second kappa shape index (κ2) is 8.30. The SMILES string of the molecule is O=C(c1ccc(O)cc1)C1CCN(C(=O)c2ccc(-n3cnc4ccccc43)cc2)CC1. The molecule has 1 aliphatic heterocycles. The van der Waals surface area contributed by atoms with E-state index < -0.39 is 0 Å². The van der Waals surface area contributed by atoms with E-state index in [4.69, 9.17) is 0 Å². The van der Waals surface area contributed by atoms with Gasteiger partial charge in [-0.25, -0.2) is 4.98 Å². The van der Waals surface area contributed by atoms with Crippen molar-refractivity contribution in [3.8, 4) is 11.4 Å². The smallest absolute Gasteiger partial charge is 0.253 e. The van der Waals surface area contributed by atoms with E-state index in [-0.39, 0.29) is 23.4 Å². The van der Waals surface area contributed by atoms with Gasteiger partial charge in [-0.1, -0.05) is 12.1 Å². The number of fused-ring (bicyclic) bond motifs is 1. The Morgan fingerprint density at radius 1 is 0.844 bits per heavy atom. The molecule has 3 aromatic carbocycles. The second-order valence-corrected chi connectivity index (χ2v) is 8.13. The van der Waals surface area contributed by atoms with Crippen molar-refractivity contribution in [3.63, 3.8) is 0 Å². The molecule has 6 nitrogen and oxygen atoms in total. The number of amides is 1. The number of carbonyl (C=O) groups is 2. The molecule has 0 saturated carbocycles. The maximum Gasteiger partial charge on any atom is 0.253 e. The minimum absolute atomic E-state index is 0.0115. The number of Topliss-reactive ketones (excluding diaryl/α,β-unsaturated/α-hetero) is 1. The number of aromatic hydroxyl groups is 1. The van der Waals surface area contributed by atoms with Crippen molar-refractivity contribution in [1.82, 2.24) is 14.5 Å². The number of aromatic nitrogens is 2. The van der Waals surface area contributed by atoms with E-state index in [1.54, 1.807) is 18.5 Å². The Bertz CT molecular complexity index is 1270. The zero-order chi connectivity index (χ0) is 22.1. The van der Waals surface area contributed by atoms with Gasteiger partial charge in [0.1, 0.15) is 12.1 Å². The third-order valence-electron chi connectivity index (χ3n) is 6.15. The summed E-state index contributed by atoms with van der Waals surface area (Å²) in [5.41, 5.74) is 4.15. The summed E-state index contributed by atoms with van der Waals surface area (Å²) >= 11 is 0. The Balaban J connectivity index is 1.24. The molecule has 1 N–H and O–H groups in total. The van der Waals surface area contributed by atoms with Gasteiger partial charge in [-0.15, -0.1) is 0 Å². The molecule has 0 radical (unpaired) electrons. The number of rotatable bonds is 4. The number of hydrogen-bond donors (Lipinski definition) is 1. The van der Waals surface area contributed by atoms with Crippen LogP contribution in [-0.4, -0.2) is 44.3 Å². The number of likely N-dealkylation sites (tertiary alicyclic amines) is 1. The second-order valence-electron chi connectivity index (χ2n) is 8.13. The zero-order valence-electron chi connectivity index (χ0n) is 17.5. The van der Waals surface area contributed by atoms with E-state index >= 15 is 0 Å². The minimum atomic E-state index is -0.0968. The summed E-state index contributed by atoms with van der Waals surface area (Å²) in [5.74, 6) is 0.117. The highest BCUT2D eigenvalue weighted by atomic mass is 16.3. The van der Waals surface area contributed by atoms with E-state index in [1.165, 1.54) is 12.1 Å². The Labute approximate surface area is 185 Å². The number of nitrogens with zero attached hydrogens (tertiary/aromatic N) is 3. The van der Waals surface area contributed by atoms with Crippen LogP contribution in [-0.2, 0) is 0 Å². The van der Waals surface area contributed by atoms with E-state index in [9.17, 15) is 14.7 Å². The summed E-state index contributed by atoms with van der Waals surface area (Å²) in [5, 5.41) is 9.41. The molecular weight excluding hydrogens is 402 g/mol.